The van der Waals surface area contributed by atoms with Crippen LogP contribution in [0.3, 0.4) is 0 Å². The average molecular weight is 249 g/mol. The van der Waals surface area contributed by atoms with E-state index >= 15 is 0 Å². The first kappa shape index (κ1) is 13.4. The van der Waals surface area contributed by atoms with E-state index < -0.39 is 26.8 Å². The lowest BCUT2D eigenvalue weighted by atomic mass is 10.1. The highest BCUT2D eigenvalue weighted by molar-refractivity contribution is 7.89. The third-order valence-corrected chi connectivity index (χ3v) is 5.95. The van der Waals surface area contributed by atoms with Crippen molar-refractivity contribution in [1.82, 2.24) is 4.31 Å². The predicted molar refractivity (Wildman–Crippen MR) is 60.7 cm³/mol. The number of aliphatic carboxylic acids is 1. The summed E-state index contributed by atoms with van der Waals surface area (Å²) in [4.78, 5) is 11.0. The minimum atomic E-state index is -3.49. The minimum Gasteiger partial charge on any atom is -0.480 e. The molecule has 1 rings (SSSR count). The molecule has 0 saturated heterocycles. The number of carboxylic acid groups (broad SMARTS) is 1. The number of carbonyl (C=O) groups is 1. The normalized spacial score (nSPS) is 19.2. The SMILES string of the molecule is CN(C(C)(C)C(=O)O)S(=O)(=O)C1CCCC1. The van der Waals surface area contributed by atoms with E-state index in [9.17, 15) is 13.2 Å². The maximum Gasteiger partial charge on any atom is 0.324 e. The number of sulfonamides is 1. The van der Waals surface area contributed by atoms with Crippen LogP contribution in [0.4, 0.5) is 0 Å². The van der Waals surface area contributed by atoms with Gasteiger partial charge in [0.1, 0.15) is 5.54 Å². The maximum atomic E-state index is 12.1. The second-order valence-electron chi connectivity index (χ2n) is 4.78. The summed E-state index contributed by atoms with van der Waals surface area (Å²) in [6.45, 7) is 2.81. The fraction of sp³-hybridized carbons (Fsp3) is 0.900. The van der Waals surface area contributed by atoms with Crippen LogP contribution >= 0.6 is 0 Å². The van der Waals surface area contributed by atoms with Gasteiger partial charge < -0.3 is 5.11 Å². The summed E-state index contributed by atoms with van der Waals surface area (Å²) in [5.41, 5.74) is -1.39. The molecule has 0 bridgehead atoms. The Labute approximate surface area is 96.5 Å². The first-order chi connectivity index (χ1) is 7.20. The summed E-state index contributed by atoms with van der Waals surface area (Å²) in [6.07, 6.45) is 3.10. The fourth-order valence-corrected chi connectivity index (χ4v) is 3.95. The quantitative estimate of drug-likeness (QED) is 0.808. The molecule has 0 aromatic carbocycles. The molecule has 0 atom stereocenters. The van der Waals surface area contributed by atoms with Gasteiger partial charge in [0.05, 0.1) is 5.25 Å². The van der Waals surface area contributed by atoms with Crippen LogP contribution in [0.15, 0.2) is 0 Å². The van der Waals surface area contributed by atoms with Gasteiger partial charge >= 0.3 is 5.97 Å². The Bertz CT molecular complexity index is 368. The van der Waals surface area contributed by atoms with Crippen molar-refractivity contribution in [3.63, 3.8) is 0 Å². The van der Waals surface area contributed by atoms with Crippen molar-refractivity contribution in [2.75, 3.05) is 7.05 Å². The summed E-state index contributed by atoms with van der Waals surface area (Å²) in [5.74, 6) is -1.13. The Morgan fingerprint density at radius 3 is 2.12 bits per heavy atom. The Hall–Kier alpha value is -0.620. The van der Waals surface area contributed by atoms with Crippen molar-refractivity contribution >= 4 is 16.0 Å². The van der Waals surface area contributed by atoms with Gasteiger partial charge in [-0.1, -0.05) is 12.8 Å². The van der Waals surface area contributed by atoms with Crippen LogP contribution in [0.1, 0.15) is 39.5 Å². The van der Waals surface area contributed by atoms with Crippen molar-refractivity contribution in [1.29, 1.82) is 0 Å². The van der Waals surface area contributed by atoms with Gasteiger partial charge in [0.2, 0.25) is 10.0 Å². The van der Waals surface area contributed by atoms with Crippen LogP contribution in [0.2, 0.25) is 0 Å². The smallest absolute Gasteiger partial charge is 0.324 e. The van der Waals surface area contributed by atoms with Crippen LogP contribution < -0.4 is 0 Å². The number of rotatable bonds is 4. The topological polar surface area (TPSA) is 74.7 Å². The second-order valence-corrected chi connectivity index (χ2v) is 7.03. The molecule has 1 fully saturated rings. The van der Waals surface area contributed by atoms with E-state index in [0.717, 1.165) is 17.1 Å². The first-order valence-electron chi connectivity index (χ1n) is 5.42. The first-order valence-corrected chi connectivity index (χ1v) is 6.92. The van der Waals surface area contributed by atoms with E-state index in [4.69, 9.17) is 5.11 Å². The lowest BCUT2D eigenvalue weighted by molar-refractivity contribution is -0.145. The molecule has 6 heteroatoms. The van der Waals surface area contributed by atoms with Crippen molar-refractivity contribution in [3.05, 3.63) is 0 Å². The number of nitrogens with zero attached hydrogens (tertiary/aromatic N) is 1. The second kappa shape index (κ2) is 4.33. The average Bonchev–Trinajstić information content (AvgIpc) is 2.69. The summed E-state index contributed by atoms with van der Waals surface area (Å²) in [7, 11) is -2.14. The van der Waals surface area contributed by atoms with Gasteiger partial charge in [0.25, 0.3) is 0 Å². The minimum absolute atomic E-state index is 0.406. The van der Waals surface area contributed by atoms with E-state index in [1.165, 1.54) is 20.9 Å². The van der Waals surface area contributed by atoms with Gasteiger partial charge in [-0.15, -0.1) is 0 Å². The largest absolute Gasteiger partial charge is 0.480 e. The van der Waals surface area contributed by atoms with Gasteiger partial charge in [0.15, 0.2) is 0 Å². The highest BCUT2D eigenvalue weighted by Crippen LogP contribution is 2.29. The molecule has 0 amide bonds. The van der Waals surface area contributed by atoms with Crippen LogP contribution in [-0.4, -0.2) is 41.6 Å². The van der Waals surface area contributed by atoms with Crippen molar-refractivity contribution in [2.24, 2.45) is 0 Å². The predicted octanol–water partition coefficient (Wildman–Crippen LogP) is 1.05. The molecule has 0 spiro atoms. The standard InChI is InChI=1S/C10H19NO4S/c1-10(2,9(12)13)11(3)16(14,15)8-6-4-5-7-8/h8H,4-7H2,1-3H3,(H,12,13). The molecule has 94 valence electrons. The van der Waals surface area contributed by atoms with Gasteiger partial charge in [0, 0.05) is 7.05 Å². The molecule has 0 radical (unpaired) electrons. The Kier molecular flexibility index (Phi) is 3.64. The number of hydrogen-bond donors (Lipinski definition) is 1. The molecule has 1 N–H and O–H groups in total. The van der Waals surface area contributed by atoms with Crippen LogP contribution in [0.5, 0.6) is 0 Å². The molecule has 1 aliphatic rings. The molecule has 5 nitrogen and oxygen atoms in total. The molecular formula is C10H19NO4S. The van der Waals surface area contributed by atoms with Gasteiger partial charge in [-0.05, 0) is 26.7 Å². The van der Waals surface area contributed by atoms with Crippen LogP contribution in [-0.2, 0) is 14.8 Å². The van der Waals surface area contributed by atoms with Gasteiger partial charge in [-0.2, -0.15) is 4.31 Å². The Balaban J connectivity index is 2.95. The third-order valence-electron chi connectivity index (χ3n) is 3.42. The zero-order valence-electron chi connectivity index (χ0n) is 9.93. The maximum absolute atomic E-state index is 12.1. The zero-order chi connectivity index (χ0) is 12.6. The highest BCUT2D eigenvalue weighted by atomic mass is 32.2. The monoisotopic (exact) mass is 249 g/mol. The summed E-state index contributed by atoms with van der Waals surface area (Å²) >= 11 is 0. The molecule has 1 aliphatic carbocycles. The zero-order valence-corrected chi connectivity index (χ0v) is 10.7. The number of likely N-dealkylation sites (N-methyl/N-ethyl adjacent to an activating group) is 1. The Morgan fingerprint density at radius 1 is 1.31 bits per heavy atom. The van der Waals surface area contributed by atoms with Crippen LogP contribution in [0, 0.1) is 0 Å². The van der Waals surface area contributed by atoms with E-state index in [1.807, 2.05) is 0 Å². The van der Waals surface area contributed by atoms with E-state index in [0.29, 0.717) is 12.8 Å². The van der Waals surface area contributed by atoms with Crippen molar-refractivity contribution in [3.8, 4) is 0 Å². The van der Waals surface area contributed by atoms with Crippen LogP contribution in [0.25, 0.3) is 0 Å². The van der Waals surface area contributed by atoms with Gasteiger partial charge in [-0.3, -0.25) is 4.79 Å². The lowest BCUT2D eigenvalue weighted by Gasteiger charge is -2.32. The third kappa shape index (κ3) is 2.22. The van der Waals surface area contributed by atoms with E-state index in [2.05, 4.69) is 0 Å². The van der Waals surface area contributed by atoms with E-state index in [-0.39, 0.29) is 0 Å². The molecule has 0 heterocycles. The summed E-state index contributed by atoms with van der Waals surface area (Å²) < 4.78 is 25.3. The molecule has 1 saturated carbocycles. The Morgan fingerprint density at radius 2 is 1.75 bits per heavy atom. The molecule has 0 aliphatic heterocycles. The molecular weight excluding hydrogens is 230 g/mol. The van der Waals surface area contributed by atoms with E-state index in [1.54, 1.807) is 0 Å². The fourth-order valence-electron chi connectivity index (χ4n) is 1.86. The highest BCUT2D eigenvalue weighted by Gasteiger charge is 2.43. The van der Waals surface area contributed by atoms with Crippen molar-refractivity contribution in [2.45, 2.75) is 50.3 Å². The number of hydrogen-bond acceptors (Lipinski definition) is 3. The number of carboxylic acids is 1. The molecule has 0 aromatic heterocycles. The summed E-state index contributed by atoms with van der Waals surface area (Å²) in [6, 6.07) is 0. The molecule has 0 aromatic rings. The molecule has 16 heavy (non-hydrogen) atoms. The lowest BCUT2D eigenvalue weighted by Crippen LogP contribution is -2.52. The van der Waals surface area contributed by atoms with Crippen molar-refractivity contribution < 1.29 is 18.3 Å². The molecule has 0 unspecified atom stereocenters. The summed E-state index contributed by atoms with van der Waals surface area (Å²) in [5, 5.41) is 8.61. The van der Waals surface area contributed by atoms with Gasteiger partial charge in [-0.25, -0.2) is 8.42 Å².